The first-order chi connectivity index (χ1) is 18.4. The minimum atomic E-state index is -0.100. The van der Waals surface area contributed by atoms with Gasteiger partial charge in [0.15, 0.2) is 0 Å². The number of likely N-dealkylation sites (N-methyl/N-ethyl adjacent to an activating group) is 1. The Morgan fingerprint density at radius 3 is 2.37 bits per heavy atom. The first-order valence-electron chi connectivity index (χ1n) is 13.1. The molecule has 3 aromatic rings. The lowest BCUT2D eigenvalue weighted by Gasteiger charge is -2.32. The van der Waals surface area contributed by atoms with Crippen LogP contribution in [-0.2, 0) is 0 Å². The number of piperazine rings is 1. The van der Waals surface area contributed by atoms with Gasteiger partial charge in [-0.25, -0.2) is 4.68 Å². The Bertz CT molecular complexity index is 1200. The molecule has 0 bridgehead atoms. The van der Waals surface area contributed by atoms with Crippen LogP contribution in [0, 0.1) is 0 Å². The first-order valence-corrected chi connectivity index (χ1v) is 13.1. The number of carbonyl (C=O) groups excluding carboxylic acids is 1. The summed E-state index contributed by atoms with van der Waals surface area (Å²) in [7, 11) is 7.13. The molecule has 1 saturated heterocycles. The Hall–Kier alpha value is -3.56. The molecule has 0 radical (unpaired) electrons. The predicted octanol–water partition coefficient (Wildman–Crippen LogP) is 3.66. The minimum absolute atomic E-state index is 0.100. The summed E-state index contributed by atoms with van der Waals surface area (Å²) in [5.74, 6) is 1.80. The molecule has 4 rings (SSSR count). The molecule has 1 aliphatic heterocycles. The van der Waals surface area contributed by atoms with Crippen LogP contribution in [0.3, 0.4) is 0 Å². The summed E-state index contributed by atoms with van der Waals surface area (Å²) in [4.78, 5) is 19.7. The molecule has 38 heavy (non-hydrogen) atoms. The lowest BCUT2D eigenvalue weighted by molar-refractivity contribution is 0.0791. The largest absolute Gasteiger partial charge is 0.496 e. The highest BCUT2D eigenvalue weighted by Gasteiger charge is 2.22. The molecule has 9 nitrogen and oxygen atoms in total. The van der Waals surface area contributed by atoms with Gasteiger partial charge in [0.25, 0.3) is 5.91 Å². The van der Waals surface area contributed by atoms with E-state index in [2.05, 4.69) is 21.9 Å². The highest BCUT2D eigenvalue weighted by molar-refractivity contribution is 5.99. The molecule has 2 aromatic carbocycles. The quantitative estimate of drug-likeness (QED) is 0.381. The summed E-state index contributed by atoms with van der Waals surface area (Å²) in [6.45, 7) is 8.65. The summed E-state index contributed by atoms with van der Waals surface area (Å²) in [5.41, 5.74) is 2.92. The molecule has 2 heterocycles. The van der Waals surface area contributed by atoms with E-state index < -0.39 is 0 Å². The minimum Gasteiger partial charge on any atom is -0.496 e. The number of hydrogen-bond acceptors (Lipinski definition) is 7. The summed E-state index contributed by atoms with van der Waals surface area (Å²) in [6.07, 6.45) is 2.61. The van der Waals surface area contributed by atoms with Gasteiger partial charge < -0.3 is 24.0 Å². The molecule has 0 saturated carbocycles. The van der Waals surface area contributed by atoms with E-state index in [1.54, 1.807) is 38.4 Å². The average molecular weight is 522 g/mol. The fourth-order valence-electron chi connectivity index (χ4n) is 4.67. The van der Waals surface area contributed by atoms with Crippen LogP contribution in [0.2, 0.25) is 0 Å². The fourth-order valence-corrected chi connectivity index (χ4v) is 4.67. The number of ether oxygens (including phenoxy) is 3. The number of benzene rings is 2. The van der Waals surface area contributed by atoms with Gasteiger partial charge in [-0.2, -0.15) is 5.10 Å². The van der Waals surface area contributed by atoms with Gasteiger partial charge in [-0.1, -0.05) is 6.92 Å². The third-order valence-corrected chi connectivity index (χ3v) is 6.93. The van der Waals surface area contributed by atoms with Crippen molar-refractivity contribution in [1.82, 2.24) is 24.5 Å². The standard InChI is InChI=1S/C29H39N5O4/c1-6-13-32(3)29(35)25-20-24(27(36-4)21-28(25)37-5)26-11-12-30-34(26)22-7-9-23(10-8-22)38-19-18-33-16-14-31(2)15-17-33/h7-12,20-21H,6,13-19H2,1-5H3. The number of methoxy groups -OCH3 is 2. The van der Waals surface area contributed by atoms with E-state index in [1.807, 2.05) is 48.0 Å². The number of amides is 1. The van der Waals surface area contributed by atoms with Gasteiger partial charge in [-0.15, -0.1) is 0 Å². The average Bonchev–Trinajstić information content (AvgIpc) is 3.43. The molecular weight excluding hydrogens is 482 g/mol. The molecule has 0 aliphatic carbocycles. The zero-order valence-electron chi connectivity index (χ0n) is 23.1. The van der Waals surface area contributed by atoms with Crippen molar-refractivity contribution in [2.24, 2.45) is 0 Å². The van der Waals surface area contributed by atoms with E-state index >= 15 is 0 Å². The van der Waals surface area contributed by atoms with Crippen molar-refractivity contribution in [3.63, 3.8) is 0 Å². The normalized spacial score (nSPS) is 14.3. The van der Waals surface area contributed by atoms with E-state index in [0.29, 0.717) is 30.2 Å². The van der Waals surface area contributed by atoms with Gasteiger partial charge in [-0.3, -0.25) is 9.69 Å². The van der Waals surface area contributed by atoms with Crippen LogP contribution < -0.4 is 14.2 Å². The maximum absolute atomic E-state index is 13.2. The molecule has 0 spiro atoms. The van der Waals surface area contributed by atoms with E-state index in [4.69, 9.17) is 14.2 Å². The molecular formula is C29H39N5O4. The summed E-state index contributed by atoms with van der Waals surface area (Å²) in [5, 5.41) is 4.56. The summed E-state index contributed by atoms with van der Waals surface area (Å²) in [6, 6.07) is 13.4. The molecule has 204 valence electrons. The van der Waals surface area contributed by atoms with Crippen molar-refractivity contribution in [2.45, 2.75) is 13.3 Å². The predicted molar refractivity (Wildman–Crippen MR) is 149 cm³/mol. The maximum atomic E-state index is 13.2. The first kappa shape index (κ1) is 27.5. The fraction of sp³-hybridized carbons (Fsp3) is 0.448. The van der Waals surface area contributed by atoms with Crippen LogP contribution in [-0.4, -0.2) is 105 Å². The second-order valence-corrected chi connectivity index (χ2v) is 9.60. The lowest BCUT2D eigenvalue weighted by atomic mass is 10.0. The lowest BCUT2D eigenvalue weighted by Crippen LogP contribution is -2.45. The van der Waals surface area contributed by atoms with E-state index in [1.165, 1.54) is 0 Å². The van der Waals surface area contributed by atoms with Crippen LogP contribution >= 0.6 is 0 Å². The Morgan fingerprint density at radius 2 is 1.71 bits per heavy atom. The topological polar surface area (TPSA) is 72.3 Å². The number of nitrogens with zero attached hydrogens (tertiary/aromatic N) is 5. The van der Waals surface area contributed by atoms with Crippen LogP contribution in [0.25, 0.3) is 16.9 Å². The summed E-state index contributed by atoms with van der Waals surface area (Å²) < 4.78 is 19.1. The number of carbonyl (C=O) groups is 1. The molecule has 0 N–H and O–H groups in total. The van der Waals surface area contributed by atoms with E-state index in [0.717, 1.165) is 61.8 Å². The van der Waals surface area contributed by atoms with Crippen LogP contribution in [0.15, 0.2) is 48.7 Å². The van der Waals surface area contributed by atoms with Crippen molar-refractivity contribution >= 4 is 5.91 Å². The van der Waals surface area contributed by atoms with Crippen molar-refractivity contribution < 1.29 is 19.0 Å². The molecule has 9 heteroatoms. The van der Waals surface area contributed by atoms with Gasteiger partial charge >= 0.3 is 0 Å². The smallest absolute Gasteiger partial charge is 0.257 e. The Labute approximate surface area is 225 Å². The zero-order valence-corrected chi connectivity index (χ0v) is 23.1. The molecule has 0 atom stereocenters. The Balaban J connectivity index is 1.54. The molecule has 0 unspecified atom stereocenters. The van der Waals surface area contributed by atoms with Gasteiger partial charge in [-0.05, 0) is 49.9 Å². The van der Waals surface area contributed by atoms with Crippen molar-refractivity contribution in [3.8, 4) is 34.2 Å². The van der Waals surface area contributed by atoms with E-state index in [9.17, 15) is 4.79 Å². The van der Waals surface area contributed by atoms with Crippen LogP contribution in [0.4, 0.5) is 0 Å². The summed E-state index contributed by atoms with van der Waals surface area (Å²) >= 11 is 0. The highest BCUT2D eigenvalue weighted by Crippen LogP contribution is 2.37. The number of aromatic nitrogens is 2. The monoisotopic (exact) mass is 521 g/mol. The van der Waals surface area contributed by atoms with Crippen LogP contribution in [0.5, 0.6) is 17.2 Å². The second-order valence-electron chi connectivity index (χ2n) is 9.60. The zero-order chi connectivity index (χ0) is 27.1. The molecule has 1 aliphatic rings. The Kier molecular flexibility index (Phi) is 9.25. The van der Waals surface area contributed by atoms with Gasteiger partial charge in [0.2, 0.25) is 0 Å². The third-order valence-electron chi connectivity index (χ3n) is 6.93. The molecule has 1 aromatic heterocycles. The molecule has 1 amide bonds. The van der Waals surface area contributed by atoms with Gasteiger partial charge in [0, 0.05) is 57.9 Å². The van der Waals surface area contributed by atoms with Crippen molar-refractivity contribution in [2.75, 3.05) is 74.2 Å². The second kappa shape index (κ2) is 12.8. The number of rotatable bonds is 11. The van der Waals surface area contributed by atoms with Gasteiger partial charge in [0.05, 0.1) is 37.4 Å². The molecule has 1 fully saturated rings. The van der Waals surface area contributed by atoms with E-state index in [-0.39, 0.29) is 5.91 Å². The van der Waals surface area contributed by atoms with Crippen molar-refractivity contribution in [3.05, 3.63) is 54.2 Å². The SMILES string of the molecule is CCCN(C)C(=O)c1cc(-c2ccnn2-c2ccc(OCCN3CCN(C)CC3)cc2)c(OC)cc1OC. The van der Waals surface area contributed by atoms with Crippen LogP contribution in [0.1, 0.15) is 23.7 Å². The van der Waals surface area contributed by atoms with Crippen molar-refractivity contribution in [1.29, 1.82) is 0 Å². The maximum Gasteiger partial charge on any atom is 0.257 e. The number of hydrogen-bond donors (Lipinski definition) is 0. The third kappa shape index (κ3) is 6.28. The highest BCUT2D eigenvalue weighted by atomic mass is 16.5. The van der Waals surface area contributed by atoms with Gasteiger partial charge in [0.1, 0.15) is 23.9 Å². The Morgan fingerprint density at radius 1 is 1.00 bits per heavy atom.